The molecule has 98 valence electrons. The molecule has 0 radical (unpaired) electrons. The van der Waals surface area contributed by atoms with Crippen LogP contribution in [0.25, 0.3) is 0 Å². The quantitative estimate of drug-likeness (QED) is 0.852. The van der Waals surface area contributed by atoms with E-state index >= 15 is 0 Å². The molecule has 0 fully saturated rings. The monoisotopic (exact) mass is 274 g/mol. The lowest BCUT2D eigenvalue weighted by atomic mass is 10.0. The molecule has 2 unspecified atom stereocenters. The third-order valence-electron chi connectivity index (χ3n) is 3.15. The van der Waals surface area contributed by atoms with E-state index in [4.69, 9.17) is 17.3 Å². The van der Waals surface area contributed by atoms with E-state index in [-0.39, 0.29) is 12.1 Å². The Hall–Kier alpha value is -0.0900. The second-order valence-corrected chi connectivity index (χ2v) is 6.33. The maximum atomic E-state index is 6.29. The molecule has 2 nitrogen and oxygen atoms in total. The van der Waals surface area contributed by atoms with Crippen LogP contribution in [0.2, 0.25) is 4.34 Å². The fourth-order valence-electron chi connectivity index (χ4n) is 2.21. The Morgan fingerprint density at radius 2 is 2.00 bits per heavy atom. The average Bonchev–Trinajstić information content (AvgIpc) is 2.70. The third-order valence-corrected chi connectivity index (χ3v) is 4.45. The zero-order valence-corrected chi connectivity index (χ0v) is 12.7. The van der Waals surface area contributed by atoms with Crippen LogP contribution >= 0.6 is 22.9 Å². The van der Waals surface area contributed by atoms with Crippen molar-refractivity contribution in [2.75, 3.05) is 6.54 Å². The van der Waals surface area contributed by atoms with Crippen molar-refractivity contribution in [2.45, 2.75) is 52.2 Å². The van der Waals surface area contributed by atoms with E-state index in [0.29, 0.717) is 6.04 Å². The molecule has 4 heteroatoms. The van der Waals surface area contributed by atoms with Crippen LogP contribution in [-0.2, 0) is 0 Å². The molecule has 0 amide bonds. The molecule has 1 rings (SSSR count). The van der Waals surface area contributed by atoms with Crippen molar-refractivity contribution in [1.82, 2.24) is 4.90 Å². The molecule has 0 saturated carbocycles. The van der Waals surface area contributed by atoms with E-state index in [9.17, 15) is 0 Å². The van der Waals surface area contributed by atoms with E-state index in [1.807, 2.05) is 6.07 Å². The maximum Gasteiger partial charge on any atom is 0.0931 e. The van der Waals surface area contributed by atoms with Crippen LogP contribution in [0, 0.1) is 0 Å². The van der Waals surface area contributed by atoms with Gasteiger partial charge in [0.05, 0.1) is 10.4 Å². The molecule has 0 aliphatic carbocycles. The summed E-state index contributed by atoms with van der Waals surface area (Å²) in [5.41, 5.74) is 6.29. The van der Waals surface area contributed by atoms with Crippen molar-refractivity contribution in [1.29, 1.82) is 0 Å². The lowest BCUT2D eigenvalue weighted by Gasteiger charge is -2.36. The molecular weight excluding hydrogens is 252 g/mol. The zero-order valence-electron chi connectivity index (χ0n) is 11.1. The first-order valence-electron chi connectivity index (χ1n) is 6.27. The molecule has 0 bridgehead atoms. The normalized spacial score (nSPS) is 15.5. The molecule has 0 aliphatic heterocycles. The molecule has 0 spiro atoms. The SMILES string of the molecule is CCC(N)C(c1ccc(Cl)s1)N(CC)C(C)C. The van der Waals surface area contributed by atoms with Gasteiger partial charge in [-0.05, 0) is 38.9 Å². The van der Waals surface area contributed by atoms with E-state index in [2.05, 4.69) is 38.7 Å². The molecule has 0 aliphatic rings. The largest absolute Gasteiger partial charge is 0.326 e. The topological polar surface area (TPSA) is 29.3 Å². The number of hydrogen-bond acceptors (Lipinski definition) is 3. The standard InChI is InChI=1S/C13H23ClN2S/c1-5-10(15)13(16(6-2)9(3)4)11-7-8-12(14)17-11/h7-10,13H,5-6,15H2,1-4H3. The number of hydrogen-bond donors (Lipinski definition) is 1. The Balaban J connectivity index is 3.02. The summed E-state index contributed by atoms with van der Waals surface area (Å²) in [5.74, 6) is 0. The summed E-state index contributed by atoms with van der Waals surface area (Å²) in [4.78, 5) is 3.72. The van der Waals surface area contributed by atoms with Gasteiger partial charge in [-0.3, -0.25) is 4.90 Å². The van der Waals surface area contributed by atoms with Crippen molar-refractivity contribution < 1.29 is 0 Å². The predicted octanol–water partition coefficient (Wildman–Crippen LogP) is 3.91. The Morgan fingerprint density at radius 3 is 2.35 bits per heavy atom. The Morgan fingerprint density at radius 1 is 1.35 bits per heavy atom. The van der Waals surface area contributed by atoms with Gasteiger partial charge in [-0.2, -0.15) is 0 Å². The van der Waals surface area contributed by atoms with Crippen molar-refractivity contribution in [2.24, 2.45) is 5.73 Å². The number of halogens is 1. The average molecular weight is 275 g/mol. The van der Waals surface area contributed by atoms with Gasteiger partial charge in [0, 0.05) is 17.0 Å². The molecule has 1 aromatic rings. The van der Waals surface area contributed by atoms with Crippen LogP contribution in [0.4, 0.5) is 0 Å². The molecule has 0 saturated heterocycles. The Kier molecular flexibility index (Phi) is 5.93. The van der Waals surface area contributed by atoms with Gasteiger partial charge in [0.1, 0.15) is 0 Å². The highest BCUT2D eigenvalue weighted by atomic mass is 35.5. The summed E-state index contributed by atoms with van der Waals surface area (Å²) >= 11 is 7.68. The van der Waals surface area contributed by atoms with Gasteiger partial charge in [0.15, 0.2) is 0 Å². The van der Waals surface area contributed by atoms with Crippen LogP contribution in [0.5, 0.6) is 0 Å². The summed E-state index contributed by atoms with van der Waals surface area (Å²) in [6, 6.07) is 5.00. The predicted molar refractivity (Wildman–Crippen MR) is 77.9 cm³/mol. The number of nitrogens with two attached hydrogens (primary N) is 1. The maximum absolute atomic E-state index is 6.29. The smallest absolute Gasteiger partial charge is 0.0931 e. The minimum Gasteiger partial charge on any atom is -0.326 e. The fraction of sp³-hybridized carbons (Fsp3) is 0.692. The summed E-state index contributed by atoms with van der Waals surface area (Å²) in [5, 5.41) is 0. The molecule has 0 aromatic carbocycles. The summed E-state index contributed by atoms with van der Waals surface area (Å²) in [6.07, 6.45) is 0.976. The molecular formula is C13H23ClN2S. The number of rotatable bonds is 6. The van der Waals surface area contributed by atoms with Gasteiger partial charge >= 0.3 is 0 Å². The fourth-order valence-corrected chi connectivity index (χ4v) is 3.47. The Labute approximate surface area is 114 Å². The molecule has 1 aromatic heterocycles. The second kappa shape index (κ2) is 6.74. The van der Waals surface area contributed by atoms with Gasteiger partial charge < -0.3 is 5.73 Å². The third kappa shape index (κ3) is 3.68. The second-order valence-electron chi connectivity index (χ2n) is 4.58. The van der Waals surface area contributed by atoms with Gasteiger partial charge in [-0.15, -0.1) is 11.3 Å². The Bertz CT molecular complexity index is 338. The molecule has 2 N–H and O–H groups in total. The van der Waals surface area contributed by atoms with E-state index < -0.39 is 0 Å². The minimum atomic E-state index is 0.159. The summed E-state index contributed by atoms with van der Waals surface area (Å²) in [6.45, 7) is 9.76. The van der Waals surface area contributed by atoms with Crippen molar-refractivity contribution in [3.05, 3.63) is 21.3 Å². The van der Waals surface area contributed by atoms with Crippen molar-refractivity contribution in [3.8, 4) is 0 Å². The van der Waals surface area contributed by atoms with Gasteiger partial charge in [0.2, 0.25) is 0 Å². The number of nitrogens with zero attached hydrogens (tertiary/aromatic N) is 1. The molecule has 17 heavy (non-hydrogen) atoms. The highest BCUT2D eigenvalue weighted by Crippen LogP contribution is 2.33. The molecule has 1 heterocycles. The van der Waals surface area contributed by atoms with Crippen LogP contribution in [0.3, 0.4) is 0 Å². The first kappa shape index (κ1) is 15.0. The van der Waals surface area contributed by atoms with Gasteiger partial charge in [0.25, 0.3) is 0 Å². The first-order chi connectivity index (χ1) is 8.01. The van der Waals surface area contributed by atoms with Crippen LogP contribution in [0.15, 0.2) is 12.1 Å². The van der Waals surface area contributed by atoms with Crippen molar-refractivity contribution >= 4 is 22.9 Å². The van der Waals surface area contributed by atoms with Crippen molar-refractivity contribution in [3.63, 3.8) is 0 Å². The number of likely N-dealkylation sites (N-methyl/N-ethyl adjacent to an activating group) is 1. The van der Waals surface area contributed by atoms with Crippen LogP contribution in [-0.4, -0.2) is 23.5 Å². The van der Waals surface area contributed by atoms with E-state index in [1.54, 1.807) is 11.3 Å². The molecule has 2 atom stereocenters. The van der Waals surface area contributed by atoms with Crippen LogP contribution in [0.1, 0.15) is 45.0 Å². The van der Waals surface area contributed by atoms with Crippen LogP contribution < -0.4 is 5.73 Å². The number of thiophene rings is 1. The van der Waals surface area contributed by atoms with E-state index in [1.165, 1.54) is 4.88 Å². The summed E-state index contributed by atoms with van der Waals surface area (Å²) in [7, 11) is 0. The first-order valence-corrected chi connectivity index (χ1v) is 7.47. The lowest BCUT2D eigenvalue weighted by molar-refractivity contribution is 0.140. The summed E-state index contributed by atoms with van der Waals surface area (Å²) < 4.78 is 0.841. The van der Waals surface area contributed by atoms with E-state index in [0.717, 1.165) is 17.3 Å². The lowest BCUT2D eigenvalue weighted by Crippen LogP contribution is -2.43. The highest BCUT2D eigenvalue weighted by molar-refractivity contribution is 7.16. The van der Waals surface area contributed by atoms with Gasteiger partial charge in [-0.25, -0.2) is 0 Å². The minimum absolute atomic E-state index is 0.159. The zero-order chi connectivity index (χ0) is 13.0. The van der Waals surface area contributed by atoms with Gasteiger partial charge in [-0.1, -0.05) is 25.4 Å². The highest BCUT2D eigenvalue weighted by Gasteiger charge is 2.27.